The molecule has 0 radical (unpaired) electrons. The van der Waals surface area contributed by atoms with Gasteiger partial charge in [0.1, 0.15) is 5.69 Å². The van der Waals surface area contributed by atoms with Gasteiger partial charge < -0.3 is 14.6 Å². The van der Waals surface area contributed by atoms with Crippen molar-refractivity contribution in [3.05, 3.63) is 23.2 Å². The van der Waals surface area contributed by atoms with Crippen molar-refractivity contribution >= 4 is 27.5 Å². The van der Waals surface area contributed by atoms with Gasteiger partial charge in [-0.15, -0.1) is 11.3 Å². The summed E-state index contributed by atoms with van der Waals surface area (Å²) in [4.78, 5) is 17.7. The maximum absolute atomic E-state index is 12.5. The van der Waals surface area contributed by atoms with Gasteiger partial charge >= 0.3 is 0 Å². The van der Waals surface area contributed by atoms with Gasteiger partial charge in [0.15, 0.2) is 0 Å². The normalized spacial score (nSPS) is 21.9. The largest absolute Gasteiger partial charge is 0.375 e. The van der Waals surface area contributed by atoms with E-state index < -0.39 is 0 Å². The van der Waals surface area contributed by atoms with Crippen LogP contribution in [0.1, 0.15) is 36.2 Å². The number of ether oxygens (including phenoxy) is 1. The number of carbonyl (C=O) groups is 1. The fourth-order valence-corrected chi connectivity index (χ4v) is 4.18. The number of likely N-dealkylation sites (tertiary alicyclic amines) is 1. The number of thiophene rings is 1. The lowest BCUT2D eigenvalue weighted by Crippen LogP contribution is -2.46. The number of hydrogen-bond acceptors (Lipinski definition) is 3. The Bertz CT molecular complexity index is 601. The molecule has 5 heteroatoms. The van der Waals surface area contributed by atoms with Gasteiger partial charge in [0.25, 0.3) is 5.91 Å². The van der Waals surface area contributed by atoms with Crippen LogP contribution in [0.15, 0.2) is 17.5 Å². The van der Waals surface area contributed by atoms with Crippen molar-refractivity contribution in [2.75, 3.05) is 19.7 Å². The molecule has 0 aliphatic carbocycles. The highest BCUT2D eigenvalue weighted by molar-refractivity contribution is 7.17. The minimum Gasteiger partial charge on any atom is -0.375 e. The van der Waals surface area contributed by atoms with Crippen LogP contribution in [0.25, 0.3) is 10.2 Å². The maximum Gasteiger partial charge on any atom is 0.270 e. The summed E-state index contributed by atoms with van der Waals surface area (Å²) in [6, 6.07) is 3.99. The number of rotatable bonds is 1. The zero-order valence-electron chi connectivity index (χ0n) is 11.4. The van der Waals surface area contributed by atoms with Crippen molar-refractivity contribution < 1.29 is 9.53 Å². The predicted molar refractivity (Wildman–Crippen MR) is 79.2 cm³/mol. The summed E-state index contributed by atoms with van der Waals surface area (Å²) in [7, 11) is 0. The average molecular weight is 290 g/mol. The number of fused-ring (bicyclic) bond motifs is 1. The number of nitrogens with zero attached hydrogens (tertiary/aromatic N) is 1. The van der Waals surface area contributed by atoms with Crippen LogP contribution in [0.5, 0.6) is 0 Å². The molecule has 4 rings (SSSR count). The lowest BCUT2D eigenvalue weighted by molar-refractivity contribution is -0.0388. The molecule has 0 aromatic carbocycles. The highest BCUT2D eigenvalue weighted by atomic mass is 32.1. The van der Waals surface area contributed by atoms with Crippen LogP contribution in [-0.2, 0) is 4.74 Å². The van der Waals surface area contributed by atoms with E-state index in [2.05, 4.69) is 4.98 Å². The predicted octanol–water partition coefficient (Wildman–Crippen LogP) is 3.01. The molecular weight excluding hydrogens is 272 g/mol. The molecule has 0 atom stereocenters. The molecule has 106 valence electrons. The topological polar surface area (TPSA) is 45.3 Å². The lowest BCUT2D eigenvalue weighted by Gasteiger charge is -2.38. The molecule has 2 aliphatic heterocycles. The van der Waals surface area contributed by atoms with Crippen LogP contribution >= 0.6 is 11.3 Å². The SMILES string of the molecule is O=C(c1cc2sccc2[nH]1)N1CCC2(CCCO2)CC1. The van der Waals surface area contributed by atoms with E-state index in [9.17, 15) is 4.79 Å². The first-order valence-electron chi connectivity index (χ1n) is 7.25. The Morgan fingerprint density at radius 1 is 1.35 bits per heavy atom. The van der Waals surface area contributed by atoms with E-state index in [4.69, 9.17) is 4.74 Å². The summed E-state index contributed by atoms with van der Waals surface area (Å²) >= 11 is 1.67. The quantitative estimate of drug-likeness (QED) is 0.877. The standard InChI is InChI=1S/C15H18N2O2S/c18-14(12-10-13-11(16-12)2-9-20-13)17-6-4-15(5-7-17)3-1-8-19-15/h2,9-10,16H,1,3-8H2. The van der Waals surface area contributed by atoms with Crippen LogP contribution in [0.4, 0.5) is 0 Å². The van der Waals surface area contributed by atoms with Gasteiger partial charge in [0.2, 0.25) is 0 Å². The Hall–Kier alpha value is -1.33. The number of H-pyrrole nitrogens is 1. The number of piperidine rings is 1. The second kappa shape index (κ2) is 4.60. The summed E-state index contributed by atoms with van der Waals surface area (Å²) in [5.41, 5.74) is 1.86. The second-order valence-electron chi connectivity index (χ2n) is 5.81. The summed E-state index contributed by atoms with van der Waals surface area (Å²) in [6.07, 6.45) is 4.29. The number of aromatic amines is 1. The van der Waals surface area contributed by atoms with Gasteiger partial charge in [-0.3, -0.25) is 4.79 Å². The Kier molecular flexibility index (Phi) is 2.86. The molecule has 1 N–H and O–H groups in total. The van der Waals surface area contributed by atoms with Crippen LogP contribution in [0.2, 0.25) is 0 Å². The minimum absolute atomic E-state index is 0.0763. The third-order valence-electron chi connectivity index (χ3n) is 4.62. The van der Waals surface area contributed by atoms with Gasteiger partial charge in [-0.1, -0.05) is 0 Å². The van der Waals surface area contributed by atoms with E-state index >= 15 is 0 Å². The molecule has 20 heavy (non-hydrogen) atoms. The molecule has 2 aromatic rings. The monoisotopic (exact) mass is 290 g/mol. The molecule has 0 saturated carbocycles. The summed E-state index contributed by atoms with van der Waals surface area (Å²) in [5, 5.41) is 2.04. The highest BCUT2D eigenvalue weighted by Gasteiger charge is 2.39. The second-order valence-corrected chi connectivity index (χ2v) is 6.76. The van der Waals surface area contributed by atoms with Gasteiger partial charge in [0.05, 0.1) is 15.8 Å². The molecule has 1 spiro atoms. The fraction of sp³-hybridized carbons (Fsp3) is 0.533. The fourth-order valence-electron chi connectivity index (χ4n) is 3.40. The molecule has 2 fully saturated rings. The lowest BCUT2D eigenvalue weighted by atomic mass is 9.88. The van der Waals surface area contributed by atoms with Crippen molar-refractivity contribution in [1.29, 1.82) is 0 Å². The molecule has 2 aromatic heterocycles. The van der Waals surface area contributed by atoms with Crippen LogP contribution in [-0.4, -0.2) is 41.1 Å². The summed E-state index contributed by atoms with van der Waals surface area (Å²) in [5.74, 6) is 0.126. The zero-order valence-corrected chi connectivity index (χ0v) is 12.2. The average Bonchev–Trinajstić information content (AvgIpc) is 3.14. The summed E-state index contributed by atoms with van der Waals surface area (Å²) < 4.78 is 7.06. The number of carbonyl (C=O) groups excluding carboxylic acids is 1. The zero-order chi connectivity index (χ0) is 13.6. The number of hydrogen-bond donors (Lipinski definition) is 1. The molecular formula is C15H18N2O2S. The third kappa shape index (κ3) is 1.96. The molecule has 2 aliphatic rings. The molecule has 0 bridgehead atoms. The van der Waals surface area contributed by atoms with Crippen molar-refractivity contribution in [1.82, 2.24) is 9.88 Å². The Morgan fingerprint density at radius 3 is 2.90 bits per heavy atom. The highest BCUT2D eigenvalue weighted by Crippen LogP contribution is 2.36. The van der Waals surface area contributed by atoms with E-state index in [0.717, 1.165) is 54.9 Å². The first-order chi connectivity index (χ1) is 9.76. The first kappa shape index (κ1) is 12.4. The van der Waals surface area contributed by atoms with E-state index in [0.29, 0.717) is 0 Å². The van der Waals surface area contributed by atoms with E-state index in [1.54, 1.807) is 11.3 Å². The van der Waals surface area contributed by atoms with E-state index in [1.165, 1.54) is 6.42 Å². The Morgan fingerprint density at radius 2 is 2.20 bits per heavy atom. The third-order valence-corrected chi connectivity index (χ3v) is 5.48. The smallest absolute Gasteiger partial charge is 0.270 e. The molecule has 1 amide bonds. The van der Waals surface area contributed by atoms with Crippen LogP contribution < -0.4 is 0 Å². The minimum atomic E-state index is 0.0763. The Balaban J connectivity index is 1.48. The summed E-state index contributed by atoms with van der Waals surface area (Å²) in [6.45, 7) is 2.51. The molecule has 4 nitrogen and oxygen atoms in total. The number of nitrogens with one attached hydrogen (secondary N) is 1. The first-order valence-corrected chi connectivity index (χ1v) is 8.13. The number of amides is 1. The van der Waals surface area contributed by atoms with E-state index in [1.807, 2.05) is 22.4 Å². The van der Waals surface area contributed by atoms with Crippen LogP contribution in [0, 0.1) is 0 Å². The van der Waals surface area contributed by atoms with Crippen molar-refractivity contribution in [3.8, 4) is 0 Å². The number of aromatic nitrogens is 1. The van der Waals surface area contributed by atoms with Crippen molar-refractivity contribution in [2.45, 2.75) is 31.3 Å². The van der Waals surface area contributed by atoms with Crippen molar-refractivity contribution in [3.63, 3.8) is 0 Å². The van der Waals surface area contributed by atoms with Gasteiger partial charge in [-0.2, -0.15) is 0 Å². The van der Waals surface area contributed by atoms with Gasteiger partial charge in [-0.25, -0.2) is 0 Å². The van der Waals surface area contributed by atoms with Gasteiger partial charge in [-0.05, 0) is 43.2 Å². The Labute approximate surface area is 121 Å². The van der Waals surface area contributed by atoms with Crippen molar-refractivity contribution in [2.24, 2.45) is 0 Å². The van der Waals surface area contributed by atoms with Gasteiger partial charge in [0, 0.05) is 19.7 Å². The molecule has 0 unspecified atom stereocenters. The van der Waals surface area contributed by atoms with Crippen LogP contribution in [0.3, 0.4) is 0 Å². The maximum atomic E-state index is 12.5. The molecule has 4 heterocycles. The molecule has 2 saturated heterocycles. The van der Waals surface area contributed by atoms with E-state index in [-0.39, 0.29) is 11.5 Å².